The first-order valence-electron chi connectivity index (χ1n) is 9.64. The Labute approximate surface area is 183 Å². The summed E-state index contributed by atoms with van der Waals surface area (Å²) in [4.78, 5) is 26.2. The van der Waals surface area contributed by atoms with Gasteiger partial charge in [-0.25, -0.2) is 13.2 Å². The molecule has 1 aromatic carbocycles. The van der Waals surface area contributed by atoms with Gasteiger partial charge in [-0.15, -0.1) is 11.3 Å². The van der Waals surface area contributed by atoms with E-state index in [9.17, 15) is 18.0 Å². The molecule has 3 heterocycles. The summed E-state index contributed by atoms with van der Waals surface area (Å²) >= 11 is 1.09. The number of hydrogen-bond donors (Lipinski definition) is 1. The van der Waals surface area contributed by atoms with Gasteiger partial charge in [0.2, 0.25) is 0 Å². The minimum absolute atomic E-state index is 0.0406. The highest BCUT2D eigenvalue weighted by molar-refractivity contribution is 7.90. The maximum atomic E-state index is 13.0. The molecular formula is C21H21NO7S2. The van der Waals surface area contributed by atoms with Gasteiger partial charge in [-0.05, 0) is 44.0 Å². The number of ether oxygens (including phenoxy) is 2. The van der Waals surface area contributed by atoms with Gasteiger partial charge in [-0.3, -0.25) is 4.79 Å². The molecule has 164 valence electrons. The van der Waals surface area contributed by atoms with E-state index in [0.717, 1.165) is 16.7 Å². The van der Waals surface area contributed by atoms with E-state index in [1.54, 1.807) is 39.2 Å². The van der Waals surface area contributed by atoms with Crippen LogP contribution >= 0.6 is 11.3 Å². The van der Waals surface area contributed by atoms with Crippen molar-refractivity contribution in [2.45, 2.75) is 26.0 Å². The molecule has 2 aromatic heterocycles. The summed E-state index contributed by atoms with van der Waals surface area (Å²) in [6.45, 7) is 3.61. The highest BCUT2D eigenvalue weighted by atomic mass is 32.2. The van der Waals surface area contributed by atoms with Gasteiger partial charge in [-0.2, -0.15) is 0 Å². The van der Waals surface area contributed by atoms with E-state index in [1.807, 2.05) is 0 Å². The molecule has 1 amide bonds. The summed E-state index contributed by atoms with van der Waals surface area (Å²) in [5, 5.41) is 3.75. The van der Waals surface area contributed by atoms with Gasteiger partial charge >= 0.3 is 5.97 Å². The molecule has 0 unspecified atom stereocenters. The zero-order valence-electron chi connectivity index (χ0n) is 17.2. The van der Waals surface area contributed by atoms with Crippen molar-refractivity contribution in [1.82, 2.24) is 0 Å². The Morgan fingerprint density at radius 2 is 2.06 bits per heavy atom. The highest BCUT2D eigenvalue weighted by Crippen LogP contribution is 2.39. The number of methoxy groups -OCH3 is 1. The number of rotatable bonds is 5. The smallest absolute Gasteiger partial charge is 0.341 e. The molecule has 1 N–H and O–H groups in total. The van der Waals surface area contributed by atoms with Gasteiger partial charge in [0.15, 0.2) is 15.6 Å². The number of carbonyl (C=O) groups is 2. The molecule has 31 heavy (non-hydrogen) atoms. The largest absolute Gasteiger partial charge is 0.497 e. The Kier molecular flexibility index (Phi) is 5.52. The van der Waals surface area contributed by atoms with E-state index in [0.29, 0.717) is 27.3 Å². The molecule has 0 saturated carbocycles. The Hall–Kier alpha value is -2.85. The number of sulfone groups is 1. The van der Waals surface area contributed by atoms with E-state index in [2.05, 4.69) is 5.32 Å². The lowest BCUT2D eigenvalue weighted by Crippen LogP contribution is -2.20. The van der Waals surface area contributed by atoms with Gasteiger partial charge in [0.1, 0.15) is 16.3 Å². The second-order valence-corrected chi connectivity index (χ2v) is 10.4. The lowest BCUT2D eigenvalue weighted by atomic mass is 10.1. The lowest BCUT2D eigenvalue weighted by molar-refractivity contribution is 0.0527. The molecule has 0 spiro atoms. The van der Waals surface area contributed by atoms with E-state index >= 15 is 0 Å². The number of amides is 1. The van der Waals surface area contributed by atoms with Crippen LogP contribution in [0.4, 0.5) is 5.00 Å². The van der Waals surface area contributed by atoms with Crippen molar-refractivity contribution in [3.63, 3.8) is 0 Å². The lowest BCUT2D eigenvalue weighted by Gasteiger charge is -2.13. The summed E-state index contributed by atoms with van der Waals surface area (Å²) in [5.74, 6) is -0.558. The van der Waals surface area contributed by atoms with Crippen LogP contribution in [0.5, 0.6) is 5.75 Å². The predicted octanol–water partition coefficient (Wildman–Crippen LogP) is 3.71. The number of hydrogen-bond acceptors (Lipinski definition) is 8. The van der Waals surface area contributed by atoms with E-state index in [-0.39, 0.29) is 40.9 Å². The van der Waals surface area contributed by atoms with Gasteiger partial charge in [0, 0.05) is 15.8 Å². The summed E-state index contributed by atoms with van der Waals surface area (Å²) in [6.07, 6.45) is 0.210. The van der Waals surface area contributed by atoms with Crippen molar-refractivity contribution in [3.8, 4) is 5.75 Å². The number of nitrogens with one attached hydrogen (secondary N) is 1. The van der Waals surface area contributed by atoms with Crippen molar-refractivity contribution in [1.29, 1.82) is 0 Å². The molecule has 0 aliphatic carbocycles. The maximum Gasteiger partial charge on any atom is 0.341 e. The van der Waals surface area contributed by atoms with Gasteiger partial charge < -0.3 is 19.2 Å². The van der Waals surface area contributed by atoms with Crippen LogP contribution in [0.2, 0.25) is 0 Å². The number of benzene rings is 1. The van der Waals surface area contributed by atoms with Crippen LogP contribution in [0.3, 0.4) is 0 Å². The molecule has 0 atom stereocenters. The number of fused-ring (bicyclic) bond motifs is 2. The van der Waals surface area contributed by atoms with E-state index < -0.39 is 21.7 Å². The number of carbonyl (C=O) groups excluding carboxylic acids is 2. The minimum atomic E-state index is -3.23. The third kappa shape index (κ3) is 3.92. The van der Waals surface area contributed by atoms with Crippen LogP contribution in [0.25, 0.3) is 11.0 Å². The molecule has 8 nitrogen and oxygen atoms in total. The number of aryl methyl sites for hydroxylation is 1. The average Bonchev–Trinajstić information content (AvgIpc) is 3.23. The SMILES string of the molecule is CCOC(=O)c1c(NC(=O)c2oc3ccc(OC)cc3c2C)sc2c1CCS(=O)(=O)C2. The van der Waals surface area contributed by atoms with Crippen LogP contribution in [-0.4, -0.2) is 39.8 Å². The molecule has 3 aromatic rings. The molecule has 1 aliphatic heterocycles. The number of esters is 1. The Balaban J connectivity index is 1.73. The second kappa shape index (κ2) is 8.01. The fourth-order valence-corrected chi connectivity index (χ4v) is 6.67. The normalized spacial score (nSPS) is 14.8. The van der Waals surface area contributed by atoms with Crippen molar-refractivity contribution < 1.29 is 31.9 Å². The van der Waals surface area contributed by atoms with E-state index in [1.165, 1.54) is 0 Å². The van der Waals surface area contributed by atoms with Crippen molar-refractivity contribution in [3.05, 3.63) is 45.5 Å². The molecule has 4 rings (SSSR count). The average molecular weight is 464 g/mol. The first-order chi connectivity index (χ1) is 14.7. The zero-order valence-corrected chi connectivity index (χ0v) is 18.9. The predicted molar refractivity (Wildman–Crippen MR) is 117 cm³/mol. The quantitative estimate of drug-likeness (QED) is 0.574. The minimum Gasteiger partial charge on any atom is -0.497 e. The molecule has 0 bridgehead atoms. The standard InChI is InChI=1S/C21H21NO7S2/c1-4-28-21(24)17-13-7-8-31(25,26)10-16(13)30-20(17)22-19(23)18-11(2)14-9-12(27-3)5-6-15(14)29-18/h5-6,9H,4,7-8,10H2,1-3H3,(H,22,23). The maximum absolute atomic E-state index is 13.0. The second-order valence-electron chi connectivity index (χ2n) is 7.14. The first-order valence-corrected chi connectivity index (χ1v) is 12.3. The Morgan fingerprint density at radius 1 is 1.29 bits per heavy atom. The van der Waals surface area contributed by atoms with Crippen LogP contribution in [0.15, 0.2) is 22.6 Å². The van der Waals surface area contributed by atoms with Crippen molar-refractivity contribution >= 4 is 49.0 Å². The number of anilines is 1. The monoisotopic (exact) mass is 463 g/mol. The molecule has 0 radical (unpaired) electrons. The van der Waals surface area contributed by atoms with Crippen LogP contribution in [-0.2, 0) is 26.7 Å². The third-order valence-electron chi connectivity index (χ3n) is 5.16. The molecular weight excluding hydrogens is 442 g/mol. The molecule has 1 aliphatic rings. The summed E-state index contributed by atoms with van der Waals surface area (Å²) in [5.41, 5.74) is 2.01. The molecule has 0 fully saturated rings. The fraction of sp³-hybridized carbons (Fsp3) is 0.333. The highest BCUT2D eigenvalue weighted by Gasteiger charge is 2.32. The van der Waals surface area contributed by atoms with Gasteiger partial charge in [0.25, 0.3) is 5.91 Å². The number of thiophene rings is 1. The zero-order chi connectivity index (χ0) is 22.3. The van der Waals surface area contributed by atoms with Crippen LogP contribution in [0, 0.1) is 6.92 Å². The van der Waals surface area contributed by atoms with Gasteiger partial charge in [0.05, 0.1) is 30.8 Å². The summed E-state index contributed by atoms with van der Waals surface area (Å²) < 4.78 is 40.2. The van der Waals surface area contributed by atoms with E-state index in [4.69, 9.17) is 13.9 Å². The van der Waals surface area contributed by atoms with Crippen molar-refractivity contribution in [2.24, 2.45) is 0 Å². The Bertz CT molecular complexity index is 1300. The topological polar surface area (TPSA) is 112 Å². The summed E-state index contributed by atoms with van der Waals surface area (Å²) in [7, 11) is -1.68. The van der Waals surface area contributed by atoms with Crippen LogP contribution in [0.1, 0.15) is 43.8 Å². The van der Waals surface area contributed by atoms with Crippen LogP contribution < -0.4 is 10.1 Å². The molecule has 10 heteroatoms. The fourth-order valence-electron chi connectivity index (χ4n) is 3.63. The third-order valence-corrected chi connectivity index (χ3v) is 8.05. The Morgan fingerprint density at radius 3 is 2.77 bits per heavy atom. The number of furan rings is 1. The van der Waals surface area contributed by atoms with Gasteiger partial charge in [-0.1, -0.05) is 0 Å². The summed E-state index contributed by atoms with van der Waals surface area (Å²) in [6, 6.07) is 5.24. The van der Waals surface area contributed by atoms with Crippen molar-refractivity contribution in [2.75, 3.05) is 24.8 Å². The molecule has 0 saturated heterocycles. The first kappa shape index (κ1) is 21.4.